The Balaban J connectivity index is 1.56. The molecule has 142 valence electrons. The summed E-state index contributed by atoms with van der Waals surface area (Å²) in [4.78, 5) is 17.3. The average Bonchev–Trinajstić information content (AvgIpc) is 3.28. The number of aromatic nitrogens is 4. The number of nitrogens with one attached hydrogen (secondary N) is 1. The van der Waals surface area contributed by atoms with Gasteiger partial charge >= 0.3 is 0 Å². The minimum Gasteiger partial charge on any atom is -0.345 e. The fourth-order valence-electron chi connectivity index (χ4n) is 3.32. The summed E-state index contributed by atoms with van der Waals surface area (Å²) >= 11 is 0. The second kappa shape index (κ2) is 7.26. The first-order valence-corrected chi connectivity index (χ1v) is 9.10. The molecule has 0 unspecified atom stereocenters. The van der Waals surface area contributed by atoms with Gasteiger partial charge in [0.1, 0.15) is 11.6 Å². The molecule has 0 saturated carbocycles. The molecular weight excluding hydrogens is 357 g/mol. The van der Waals surface area contributed by atoms with Crippen molar-refractivity contribution in [3.8, 4) is 5.69 Å². The first-order valence-electron chi connectivity index (χ1n) is 9.10. The normalized spacial score (nSPS) is 11.1. The molecule has 0 aliphatic carbocycles. The van der Waals surface area contributed by atoms with Gasteiger partial charge in [0, 0.05) is 7.05 Å². The minimum atomic E-state index is -0.311. The van der Waals surface area contributed by atoms with E-state index in [4.69, 9.17) is 0 Å². The van der Waals surface area contributed by atoms with Gasteiger partial charge in [0.05, 0.1) is 40.7 Å². The second-order valence-electron chi connectivity index (χ2n) is 6.51. The van der Waals surface area contributed by atoms with E-state index in [2.05, 4.69) is 15.4 Å². The molecule has 7 heteroatoms. The SMILES string of the molecule is CCc1c(C(=O)NCc2nc3ccccc3n2C)cnn1-c1ccc(F)cc1. The van der Waals surface area contributed by atoms with Crippen molar-refractivity contribution in [2.45, 2.75) is 19.9 Å². The summed E-state index contributed by atoms with van der Waals surface area (Å²) in [5.41, 5.74) is 3.91. The van der Waals surface area contributed by atoms with Crippen LogP contribution in [0.3, 0.4) is 0 Å². The van der Waals surface area contributed by atoms with Crippen LogP contribution in [0.2, 0.25) is 0 Å². The van der Waals surface area contributed by atoms with Crippen LogP contribution >= 0.6 is 0 Å². The maximum absolute atomic E-state index is 13.2. The zero-order valence-corrected chi connectivity index (χ0v) is 15.7. The Morgan fingerprint density at radius 1 is 1.14 bits per heavy atom. The van der Waals surface area contributed by atoms with Gasteiger partial charge < -0.3 is 9.88 Å². The highest BCUT2D eigenvalue weighted by molar-refractivity contribution is 5.95. The van der Waals surface area contributed by atoms with E-state index in [-0.39, 0.29) is 11.7 Å². The first-order chi connectivity index (χ1) is 13.6. The molecule has 6 nitrogen and oxygen atoms in total. The summed E-state index contributed by atoms with van der Waals surface area (Å²) < 4.78 is 16.8. The monoisotopic (exact) mass is 377 g/mol. The van der Waals surface area contributed by atoms with Crippen LogP contribution < -0.4 is 5.32 Å². The van der Waals surface area contributed by atoms with E-state index in [0.717, 1.165) is 22.6 Å². The Morgan fingerprint density at radius 3 is 2.61 bits per heavy atom. The van der Waals surface area contributed by atoms with Crippen LogP contribution in [0.4, 0.5) is 4.39 Å². The van der Waals surface area contributed by atoms with E-state index in [1.807, 2.05) is 42.8 Å². The summed E-state index contributed by atoms with van der Waals surface area (Å²) in [5.74, 6) is 0.255. The fourth-order valence-corrected chi connectivity index (χ4v) is 3.32. The Morgan fingerprint density at radius 2 is 1.89 bits per heavy atom. The smallest absolute Gasteiger partial charge is 0.255 e. The highest BCUT2D eigenvalue weighted by Crippen LogP contribution is 2.17. The number of benzene rings is 2. The average molecular weight is 377 g/mol. The maximum Gasteiger partial charge on any atom is 0.255 e. The number of hydrogen-bond donors (Lipinski definition) is 1. The summed E-state index contributed by atoms with van der Waals surface area (Å²) in [6, 6.07) is 13.9. The molecule has 4 aromatic rings. The van der Waals surface area contributed by atoms with Crippen molar-refractivity contribution >= 4 is 16.9 Å². The second-order valence-corrected chi connectivity index (χ2v) is 6.51. The zero-order chi connectivity index (χ0) is 19.7. The van der Waals surface area contributed by atoms with Crippen molar-refractivity contribution in [3.63, 3.8) is 0 Å². The summed E-state index contributed by atoms with van der Waals surface area (Å²) in [5, 5.41) is 7.26. The fraction of sp³-hybridized carbons (Fsp3) is 0.190. The van der Waals surface area contributed by atoms with Crippen LogP contribution in [0.25, 0.3) is 16.7 Å². The molecule has 2 aromatic heterocycles. The van der Waals surface area contributed by atoms with Crippen LogP contribution in [0.5, 0.6) is 0 Å². The van der Waals surface area contributed by atoms with Crippen LogP contribution in [0, 0.1) is 5.82 Å². The Hall–Kier alpha value is -3.48. The summed E-state index contributed by atoms with van der Waals surface area (Å²) in [6.07, 6.45) is 2.17. The van der Waals surface area contributed by atoms with Gasteiger partial charge in [-0.15, -0.1) is 0 Å². The summed E-state index contributed by atoms with van der Waals surface area (Å²) in [7, 11) is 1.93. The van der Waals surface area contributed by atoms with Crippen LogP contribution in [0.15, 0.2) is 54.7 Å². The van der Waals surface area contributed by atoms with Crippen LogP contribution in [-0.2, 0) is 20.0 Å². The molecule has 0 radical (unpaired) electrons. The highest BCUT2D eigenvalue weighted by atomic mass is 19.1. The Kier molecular flexibility index (Phi) is 4.65. The predicted octanol–water partition coefficient (Wildman–Crippen LogP) is 3.39. The van der Waals surface area contributed by atoms with Gasteiger partial charge in [-0.1, -0.05) is 19.1 Å². The number of carbonyl (C=O) groups excluding carboxylic acids is 1. The number of fused-ring (bicyclic) bond motifs is 1. The van der Waals surface area contributed by atoms with E-state index < -0.39 is 0 Å². The quantitative estimate of drug-likeness (QED) is 0.580. The van der Waals surface area contributed by atoms with Crippen molar-refractivity contribution in [3.05, 3.63) is 77.6 Å². The van der Waals surface area contributed by atoms with Crippen molar-refractivity contribution < 1.29 is 9.18 Å². The number of aryl methyl sites for hydroxylation is 1. The largest absolute Gasteiger partial charge is 0.345 e. The number of amides is 1. The third kappa shape index (κ3) is 3.15. The number of rotatable bonds is 5. The zero-order valence-electron chi connectivity index (χ0n) is 15.7. The van der Waals surface area contributed by atoms with Gasteiger partial charge in [-0.05, 0) is 42.8 Å². The standard InChI is InChI=1S/C21H20FN5O/c1-3-18-16(12-24-27(18)15-10-8-14(22)9-11-15)21(28)23-13-20-25-17-6-4-5-7-19(17)26(20)2/h4-12H,3,13H2,1-2H3,(H,23,28). The molecule has 0 fully saturated rings. The lowest BCUT2D eigenvalue weighted by atomic mass is 10.2. The molecule has 0 saturated heterocycles. The minimum absolute atomic E-state index is 0.211. The molecule has 1 amide bonds. The van der Waals surface area contributed by atoms with Gasteiger partial charge in [0.2, 0.25) is 0 Å². The molecule has 28 heavy (non-hydrogen) atoms. The summed E-state index contributed by atoms with van der Waals surface area (Å²) in [6.45, 7) is 2.27. The predicted molar refractivity (Wildman–Crippen MR) is 105 cm³/mol. The van der Waals surface area contributed by atoms with Gasteiger partial charge in [-0.2, -0.15) is 5.10 Å². The van der Waals surface area contributed by atoms with Gasteiger partial charge in [-0.3, -0.25) is 4.79 Å². The van der Waals surface area contributed by atoms with Crippen molar-refractivity contribution in [2.24, 2.45) is 7.05 Å². The highest BCUT2D eigenvalue weighted by Gasteiger charge is 2.18. The van der Waals surface area contributed by atoms with E-state index in [0.29, 0.717) is 24.2 Å². The number of imidazole rings is 1. The van der Waals surface area contributed by atoms with E-state index in [1.54, 1.807) is 23.0 Å². The Labute approximate surface area is 161 Å². The number of nitrogens with zero attached hydrogens (tertiary/aromatic N) is 4. The number of carbonyl (C=O) groups is 1. The lowest BCUT2D eigenvalue weighted by Crippen LogP contribution is -2.25. The van der Waals surface area contributed by atoms with Crippen molar-refractivity contribution in [1.29, 1.82) is 0 Å². The van der Waals surface area contributed by atoms with E-state index >= 15 is 0 Å². The molecule has 4 rings (SSSR count). The molecule has 0 atom stereocenters. The number of hydrogen-bond acceptors (Lipinski definition) is 3. The van der Waals surface area contributed by atoms with Gasteiger partial charge in [-0.25, -0.2) is 14.1 Å². The van der Waals surface area contributed by atoms with E-state index in [1.165, 1.54) is 12.1 Å². The third-order valence-corrected chi connectivity index (χ3v) is 4.81. The maximum atomic E-state index is 13.2. The number of para-hydroxylation sites is 2. The molecular formula is C21H20FN5O. The molecule has 0 spiro atoms. The first kappa shape index (κ1) is 17.9. The van der Waals surface area contributed by atoms with E-state index in [9.17, 15) is 9.18 Å². The Bertz CT molecular complexity index is 1140. The van der Waals surface area contributed by atoms with Gasteiger partial charge in [0.15, 0.2) is 0 Å². The van der Waals surface area contributed by atoms with Crippen molar-refractivity contribution in [2.75, 3.05) is 0 Å². The lowest BCUT2D eigenvalue weighted by Gasteiger charge is -2.09. The van der Waals surface area contributed by atoms with Crippen LogP contribution in [-0.4, -0.2) is 25.2 Å². The molecule has 2 aromatic carbocycles. The molecule has 2 heterocycles. The molecule has 0 bridgehead atoms. The topological polar surface area (TPSA) is 64.7 Å². The number of halogens is 1. The van der Waals surface area contributed by atoms with Gasteiger partial charge in [0.25, 0.3) is 5.91 Å². The molecule has 1 N–H and O–H groups in total. The van der Waals surface area contributed by atoms with Crippen LogP contribution in [0.1, 0.15) is 28.8 Å². The molecule has 0 aliphatic heterocycles. The third-order valence-electron chi connectivity index (χ3n) is 4.81. The van der Waals surface area contributed by atoms with Crippen molar-refractivity contribution in [1.82, 2.24) is 24.6 Å². The molecule has 0 aliphatic rings. The lowest BCUT2D eigenvalue weighted by molar-refractivity contribution is 0.0948.